The maximum atomic E-state index is 13.1. The zero-order chi connectivity index (χ0) is 21.8. The molecule has 0 spiro atoms. The monoisotopic (exact) mass is 444 g/mol. The van der Waals surface area contributed by atoms with Gasteiger partial charge in [-0.1, -0.05) is 30.7 Å². The van der Waals surface area contributed by atoms with E-state index in [4.69, 9.17) is 33.3 Å². The van der Waals surface area contributed by atoms with Crippen LogP contribution < -0.4 is 19.7 Å². The van der Waals surface area contributed by atoms with Gasteiger partial charge in [-0.05, 0) is 67.0 Å². The summed E-state index contributed by atoms with van der Waals surface area (Å²) in [5.41, 5.74) is 2.17. The molecule has 6 nitrogen and oxygen atoms in total. The summed E-state index contributed by atoms with van der Waals surface area (Å²) in [6.07, 6.45) is 2.33. The van der Waals surface area contributed by atoms with Crippen molar-refractivity contribution in [1.29, 1.82) is 0 Å². The molecule has 1 heterocycles. The highest BCUT2D eigenvalue weighted by atomic mass is 35.5. The number of rotatable bonds is 6. The van der Waals surface area contributed by atoms with Gasteiger partial charge in [0.15, 0.2) is 16.6 Å². The Morgan fingerprint density at radius 1 is 1.17 bits per heavy atom. The molecule has 0 aromatic heterocycles. The fraction of sp³-hybridized carbons (Fsp3) is 0.227. The number of hydrogen-bond donors (Lipinski definition) is 1. The van der Waals surface area contributed by atoms with E-state index >= 15 is 0 Å². The molecule has 2 aromatic carbocycles. The first-order valence-electron chi connectivity index (χ1n) is 9.40. The van der Waals surface area contributed by atoms with Crippen molar-refractivity contribution in [3.05, 3.63) is 58.1 Å². The average molecular weight is 445 g/mol. The Bertz CT molecular complexity index is 1030. The predicted molar refractivity (Wildman–Crippen MR) is 121 cm³/mol. The number of ether oxygens (including phenoxy) is 2. The summed E-state index contributed by atoms with van der Waals surface area (Å²) >= 11 is 11.5. The number of benzene rings is 2. The molecule has 30 heavy (non-hydrogen) atoms. The standard InChI is InChI=1S/C22H21ClN2O4S/c1-4-13-6-8-15(9-7-13)25-21(27)16(20(26)24-22(25)30)10-14-11-17(23)19(29-5-2)18(12-14)28-3/h6-12H,4-5H2,1-3H3,(H,24,26,30). The number of methoxy groups -OCH3 is 1. The molecule has 0 saturated carbocycles. The minimum absolute atomic E-state index is 0.0358. The molecule has 156 valence electrons. The van der Waals surface area contributed by atoms with E-state index < -0.39 is 11.8 Å². The minimum Gasteiger partial charge on any atom is -0.493 e. The van der Waals surface area contributed by atoms with Crippen LogP contribution in [-0.4, -0.2) is 30.6 Å². The molecule has 1 fully saturated rings. The Hall–Kier alpha value is -2.90. The van der Waals surface area contributed by atoms with Crippen LogP contribution in [0.1, 0.15) is 25.0 Å². The van der Waals surface area contributed by atoms with E-state index in [2.05, 4.69) is 5.32 Å². The molecular weight excluding hydrogens is 424 g/mol. The number of nitrogens with one attached hydrogen (secondary N) is 1. The lowest BCUT2D eigenvalue weighted by Crippen LogP contribution is -2.54. The molecule has 0 bridgehead atoms. The van der Waals surface area contributed by atoms with Crippen molar-refractivity contribution in [2.75, 3.05) is 18.6 Å². The maximum absolute atomic E-state index is 13.1. The normalized spacial score (nSPS) is 15.4. The molecule has 0 aliphatic carbocycles. The third kappa shape index (κ3) is 4.32. The zero-order valence-electron chi connectivity index (χ0n) is 16.8. The number of thiocarbonyl (C=S) groups is 1. The smallest absolute Gasteiger partial charge is 0.270 e. The van der Waals surface area contributed by atoms with Gasteiger partial charge in [0.05, 0.1) is 24.4 Å². The van der Waals surface area contributed by atoms with Gasteiger partial charge in [-0.2, -0.15) is 0 Å². The van der Waals surface area contributed by atoms with Gasteiger partial charge in [-0.15, -0.1) is 0 Å². The van der Waals surface area contributed by atoms with Crippen molar-refractivity contribution in [3.8, 4) is 11.5 Å². The molecule has 0 atom stereocenters. The third-order valence-electron chi connectivity index (χ3n) is 4.56. The molecule has 2 aromatic rings. The second-order valence-corrected chi connectivity index (χ2v) is 7.24. The van der Waals surface area contributed by atoms with E-state index in [-0.39, 0.29) is 10.7 Å². The summed E-state index contributed by atoms with van der Waals surface area (Å²) in [6, 6.07) is 10.7. The van der Waals surface area contributed by atoms with E-state index in [1.54, 1.807) is 24.3 Å². The molecule has 1 saturated heterocycles. The lowest BCUT2D eigenvalue weighted by Gasteiger charge is -2.29. The SMILES string of the molecule is CCOc1c(Cl)cc(C=C2C(=O)NC(=S)N(c3ccc(CC)cc3)C2=O)cc1OC. The average Bonchev–Trinajstić information content (AvgIpc) is 2.73. The number of anilines is 1. The molecule has 1 aliphatic rings. The topological polar surface area (TPSA) is 67.9 Å². The van der Waals surface area contributed by atoms with Crippen molar-refractivity contribution in [2.24, 2.45) is 0 Å². The summed E-state index contributed by atoms with van der Waals surface area (Å²) in [5, 5.41) is 2.92. The van der Waals surface area contributed by atoms with Crippen LogP contribution >= 0.6 is 23.8 Å². The van der Waals surface area contributed by atoms with Crippen LogP contribution in [0.25, 0.3) is 6.08 Å². The highest BCUT2D eigenvalue weighted by Crippen LogP contribution is 2.37. The number of amides is 2. The number of carbonyl (C=O) groups excluding carboxylic acids is 2. The van der Waals surface area contributed by atoms with Crippen LogP contribution in [0.2, 0.25) is 5.02 Å². The fourth-order valence-corrected chi connectivity index (χ4v) is 3.60. The molecule has 1 N–H and O–H groups in total. The molecule has 0 radical (unpaired) electrons. The highest BCUT2D eigenvalue weighted by Gasteiger charge is 2.34. The van der Waals surface area contributed by atoms with Crippen LogP contribution in [0.4, 0.5) is 5.69 Å². The Morgan fingerprint density at radius 3 is 2.47 bits per heavy atom. The molecule has 3 rings (SSSR count). The van der Waals surface area contributed by atoms with Crippen LogP contribution in [0.3, 0.4) is 0 Å². The van der Waals surface area contributed by atoms with Gasteiger partial charge in [-0.3, -0.25) is 19.8 Å². The van der Waals surface area contributed by atoms with Crippen LogP contribution in [0, 0.1) is 0 Å². The van der Waals surface area contributed by atoms with Gasteiger partial charge >= 0.3 is 0 Å². The van der Waals surface area contributed by atoms with Crippen molar-refractivity contribution < 1.29 is 19.1 Å². The van der Waals surface area contributed by atoms with Crippen molar-refractivity contribution >= 4 is 52.5 Å². The third-order valence-corrected chi connectivity index (χ3v) is 5.12. The van der Waals surface area contributed by atoms with Crippen LogP contribution in [-0.2, 0) is 16.0 Å². The fourth-order valence-electron chi connectivity index (χ4n) is 3.05. The van der Waals surface area contributed by atoms with Gasteiger partial charge < -0.3 is 9.47 Å². The largest absolute Gasteiger partial charge is 0.493 e. The quantitative estimate of drug-likeness (QED) is 0.412. The van der Waals surface area contributed by atoms with E-state index in [1.807, 2.05) is 26.0 Å². The minimum atomic E-state index is -0.574. The Labute approximate surface area is 185 Å². The Balaban J connectivity index is 2.01. The molecule has 1 aliphatic heterocycles. The number of halogens is 1. The summed E-state index contributed by atoms with van der Waals surface area (Å²) < 4.78 is 10.8. The first-order valence-corrected chi connectivity index (χ1v) is 10.2. The number of nitrogens with zero attached hydrogens (tertiary/aromatic N) is 1. The predicted octanol–water partition coefficient (Wildman–Crippen LogP) is 4.14. The number of hydrogen-bond acceptors (Lipinski definition) is 5. The first-order chi connectivity index (χ1) is 14.4. The van der Waals surface area contributed by atoms with Gasteiger partial charge in [0.25, 0.3) is 11.8 Å². The molecule has 0 unspecified atom stereocenters. The van der Waals surface area contributed by atoms with Gasteiger partial charge in [0.1, 0.15) is 5.57 Å². The summed E-state index contributed by atoms with van der Waals surface area (Å²) in [7, 11) is 1.49. The second kappa shape index (κ2) is 9.28. The van der Waals surface area contributed by atoms with E-state index in [1.165, 1.54) is 18.1 Å². The first kappa shape index (κ1) is 21.8. The highest BCUT2D eigenvalue weighted by molar-refractivity contribution is 7.80. The van der Waals surface area contributed by atoms with Gasteiger partial charge in [-0.25, -0.2) is 0 Å². The lowest BCUT2D eigenvalue weighted by atomic mass is 10.1. The lowest BCUT2D eigenvalue weighted by molar-refractivity contribution is -0.122. The van der Waals surface area contributed by atoms with Crippen molar-refractivity contribution in [2.45, 2.75) is 20.3 Å². The summed E-state index contributed by atoms with van der Waals surface area (Å²) in [4.78, 5) is 26.9. The van der Waals surface area contributed by atoms with E-state index in [0.29, 0.717) is 34.4 Å². The summed E-state index contributed by atoms with van der Waals surface area (Å²) in [6.45, 7) is 4.30. The number of aryl methyl sites for hydroxylation is 1. The molecular formula is C22H21ClN2O4S. The molecule has 8 heteroatoms. The number of carbonyl (C=O) groups is 2. The van der Waals surface area contributed by atoms with Crippen LogP contribution in [0.5, 0.6) is 11.5 Å². The second-order valence-electron chi connectivity index (χ2n) is 6.44. The van der Waals surface area contributed by atoms with Gasteiger partial charge in [0.2, 0.25) is 0 Å². The maximum Gasteiger partial charge on any atom is 0.270 e. The van der Waals surface area contributed by atoms with Crippen molar-refractivity contribution in [3.63, 3.8) is 0 Å². The van der Waals surface area contributed by atoms with Crippen molar-refractivity contribution in [1.82, 2.24) is 5.32 Å². The van der Waals surface area contributed by atoms with Gasteiger partial charge in [0, 0.05) is 0 Å². The summed E-state index contributed by atoms with van der Waals surface area (Å²) in [5.74, 6) is -0.281. The van der Waals surface area contributed by atoms with E-state index in [9.17, 15) is 9.59 Å². The zero-order valence-corrected chi connectivity index (χ0v) is 18.4. The molecule has 2 amide bonds. The van der Waals surface area contributed by atoms with Crippen LogP contribution in [0.15, 0.2) is 42.0 Å². The Morgan fingerprint density at radius 2 is 1.87 bits per heavy atom. The van der Waals surface area contributed by atoms with E-state index in [0.717, 1.165) is 12.0 Å². The Kier molecular flexibility index (Phi) is 6.74.